The maximum Gasteiger partial charge on any atom is 0.242 e. The molecule has 0 unspecified atom stereocenters. The molecule has 3 heterocycles. The number of aryl methyl sites for hydroxylation is 3. The van der Waals surface area contributed by atoms with Crippen molar-refractivity contribution in [2.75, 3.05) is 42.9 Å². The molecule has 0 atom stereocenters. The van der Waals surface area contributed by atoms with Crippen molar-refractivity contribution in [2.24, 2.45) is 0 Å². The maximum atomic E-state index is 12.7. The Morgan fingerprint density at radius 1 is 1.07 bits per heavy atom. The number of hydrogen-bond donors (Lipinski definition) is 1. The molecule has 1 saturated heterocycles. The third kappa shape index (κ3) is 3.67. The number of hydrogen-bond acceptors (Lipinski definition) is 6. The van der Waals surface area contributed by atoms with Gasteiger partial charge >= 0.3 is 0 Å². The lowest BCUT2D eigenvalue weighted by atomic mass is 10.2. The van der Waals surface area contributed by atoms with Crippen LogP contribution in [-0.2, 0) is 4.79 Å². The molecule has 28 heavy (non-hydrogen) atoms. The van der Waals surface area contributed by atoms with E-state index in [2.05, 4.69) is 58.3 Å². The van der Waals surface area contributed by atoms with E-state index in [1.807, 2.05) is 17.9 Å². The molecule has 0 saturated carbocycles. The number of aromatic nitrogens is 2. The Bertz CT molecular complexity index is 993. The summed E-state index contributed by atoms with van der Waals surface area (Å²) in [7, 11) is 0. The first-order valence-corrected chi connectivity index (χ1v) is 10.4. The second-order valence-corrected chi connectivity index (χ2v) is 8.34. The standard InChI is InChI=1S/C21H25N5OS/c1-14-15(2)28-21-19(14)20(23-16(3)24-21)22-13-18(27)26-11-9-25(10-12-26)17-7-5-4-6-8-17/h4-8H,9-13H2,1-3H3,(H,22,23,24). The van der Waals surface area contributed by atoms with Gasteiger partial charge in [0, 0.05) is 36.7 Å². The Morgan fingerprint density at radius 2 is 1.79 bits per heavy atom. The SMILES string of the molecule is Cc1nc(NCC(=O)N2CCN(c3ccccc3)CC2)c2c(C)c(C)sc2n1. The van der Waals surface area contributed by atoms with E-state index in [4.69, 9.17) is 0 Å². The lowest BCUT2D eigenvalue weighted by Gasteiger charge is -2.36. The van der Waals surface area contributed by atoms with Crippen LogP contribution in [0, 0.1) is 20.8 Å². The number of anilines is 2. The number of carbonyl (C=O) groups is 1. The maximum absolute atomic E-state index is 12.7. The summed E-state index contributed by atoms with van der Waals surface area (Å²) >= 11 is 1.68. The molecule has 1 fully saturated rings. The van der Waals surface area contributed by atoms with Crippen LogP contribution in [0.2, 0.25) is 0 Å². The summed E-state index contributed by atoms with van der Waals surface area (Å²) in [5, 5.41) is 4.31. The summed E-state index contributed by atoms with van der Waals surface area (Å²) in [5.74, 6) is 1.60. The zero-order chi connectivity index (χ0) is 19.7. The molecular weight excluding hydrogens is 370 g/mol. The average molecular weight is 396 g/mol. The topological polar surface area (TPSA) is 61.4 Å². The molecular formula is C21H25N5OS. The fourth-order valence-corrected chi connectivity index (χ4v) is 4.68. The van der Waals surface area contributed by atoms with Crippen LogP contribution in [0.5, 0.6) is 0 Å². The highest BCUT2D eigenvalue weighted by molar-refractivity contribution is 7.18. The third-order valence-electron chi connectivity index (χ3n) is 5.30. The molecule has 0 radical (unpaired) electrons. The van der Waals surface area contributed by atoms with Crippen LogP contribution < -0.4 is 10.2 Å². The smallest absolute Gasteiger partial charge is 0.242 e. The molecule has 1 aliphatic heterocycles. The van der Waals surface area contributed by atoms with Crippen molar-refractivity contribution >= 4 is 39.0 Å². The summed E-state index contributed by atoms with van der Waals surface area (Å²) in [6.07, 6.45) is 0. The van der Waals surface area contributed by atoms with Gasteiger partial charge in [-0.2, -0.15) is 0 Å². The highest BCUT2D eigenvalue weighted by Gasteiger charge is 2.22. The number of amides is 1. The summed E-state index contributed by atoms with van der Waals surface area (Å²) < 4.78 is 0. The Kier molecular flexibility index (Phi) is 5.17. The number of carbonyl (C=O) groups excluding carboxylic acids is 1. The molecule has 0 spiro atoms. The number of thiophene rings is 1. The van der Waals surface area contributed by atoms with E-state index in [9.17, 15) is 4.79 Å². The van der Waals surface area contributed by atoms with Gasteiger partial charge in [0.05, 0.1) is 11.9 Å². The molecule has 0 aliphatic carbocycles. The lowest BCUT2D eigenvalue weighted by Crippen LogP contribution is -2.50. The van der Waals surface area contributed by atoms with E-state index in [-0.39, 0.29) is 12.5 Å². The van der Waals surface area contributed by atoms with Crippen molar-refractivity contribution < 1.29 is 4.79 Å². The first kappa shape index (κ1) is 18.7. The van der Waals surface area contributed by atoms with E-state index in [1.165, 1.54) is 16.1 Å². The number of benzene rings is 1. The van der Waals surface area contributed by atoms with Gasteiger partial charge in [-0.05, 0) is 38.5 Å². The van der Waals surface area contributed by atoms with E-state index in [1.54, 1.807) is 11.3 Å². The Morgan fingerprint density at radius 3 is 2.50 bits per heavy atom. The minimum atomic E-state index is 0.113. The zero-order valence-electron chi connectivity index (χ0n) is 16.5. The highest BCUT2D eigenvalue weighted by Crippen LogP contribution is 2.33. The molecule has 1 aromatic carbocycles. The van der Waals surface area contributed by atoms with Crippen LogP contribution in [0.25, 0.3) is 10.2 Å². The summed E-state index contributed by atoms with van der Waals surface area (Å²) in [5.41, 5.74) is 2.40. The number of fused-ring (bicyclic) bond motifs is 1. The Labute approximate surface area is 169 Å². The summed E-state index contributed by atoms with van der Waals surface area (Å²) in [6.45, 7) is 9.52. The van der Waals surface area contributed by atoms with Crippen molar-refractivity contribution in [3.8, 4) is 0 Å². The van der Waals surface area contributed by atoms with Crippen molar-refractivity contribution in [3.63, 3.8) is 0 Å². The fourth-order valence-electron chi connectivity index (χ4n) is 3.61. The molecule has 1 amide bonds. The molecule has 7 heteroatoms. The molecule has 3 aromatic rings. The minimum Gasteiger partial charge on any atom is -0.368 e. The highest BCUT2D eigenvalue weighted by atomic mass is 32.1. The van der Waals surface area contributed by atoms with Gasteiger partial charge in [0.15, 0.2) is 0 Å². The number of piperazine rings is 1. The van der Waals surface area contributed by atoms with E-state index >= 15 is 0 Å². The van der Waals surface area contributed by atoms with Gasteiger partial charge in [0.1, 0.15) is 16.5 Å². The Balaban J connectivity index is 1.40. The largest absolute Gasteiger partial charge is 0.368 e. The van der Waals surface area contributed by atoms with Gasteiger partial charge in [-0.1, -0.05) is 18.2 Å². The van der Waals surface area contributed by atoms with E-state index < -0.39 is 0 Å². The van der Waals surface area contributed by atoms with Crippen LogP contribution in [0.1, 0.15) is 16.3 Å². The van der Waals surface area contributed by atoms with Gasteiger partial charge in [0.2, 0.25) is 5.91 Å². The normalized spacial score (nSPS) is 14.5. The fraction of sp³-hybridized carbons (Fsp3) is 0.381. The van der Waals surface area contributed by atoms with Crippen LogP contribution >= 0.6 is 11.3 Å². The van der Waals surface area contributed by atoms with Crippen molar-refractivity contribution in [3.05, 3.63) is 46.6 Å². The van der Waals surface area contributed by atoms with Gasteiger partial charge in [-0.15, -0.1) is 11.3 Å². The Hall–Kier alpha value is -2.67. The second kappa shape index (κ2) is 7.75. The third-order valence-corrected chi connectivity index (χ3v) is 6.40. The monoisotopic (exact) mass is 395 g/mol. The van der Waals surface area contributed by atoms with E-state index in [0.717, 1.165) is 48.0 Å². The predicted octanol–water partition coefficient (Wildman–Crippen LogP) is 3.38. The number of rotatable bonds is 4. The lowest BCUT2D eigenvalue weighted by molar-refractivity contribution is -0.129. The van der Waals surface area contributed by atoms with Gasteiger partial charge < -0.3 is 15.1 Å². The first-order valence-electron chi connectivity index (χ1n) is 9.59. The van der Waals surface area contributed by atoms with Crippen LogP contribution in [0.15, 0.2) is 30.3 Å². The van der Waals surface area contributed by atoms with Crippen LogP contribution in [0.4, 0.5) is 11.5 Å². The van der Waals surface area contributed by atoms with Crippen molar-refractivity contribution in [2.45, 2.75) is 20.8 Å². The zero-order valence-corrected chi connectivity index (χ0v) is 17.3. The van der Waals surface area contributed by atoms with E-state index in [0.29, 0.717) is 0 Å². The van der Waals surface area contributed by atoms with Crippen molar-refractivity contribution in [1.82, 2.24) is 14.9 Å². The van der Waals surface area contributed by atoms with Crippen molar-refractivity contribution in [1.29, 1.82) is 0 Å². The molecule has 1 N–H and O–H groups in total. The number of nitrogens with zero attached hydrogens (tertiary/aromatic N) is 4. The minimum absolute atomic E-state index is 0.113. The van der Waals surface area contributed by atoms with Gasteiger partial charge in [-0.3, -0.25) is 4.79 Å². The quantitative estimate of drug-likeness (QED) is 0.734. The summed E-state index contributed by atoms with van der Waals surface area (Å²) in [4.78, 5) is 28.3. The molecule has 4 rings (SSSR count). The molecule has 2 aromatic heterocycles. The van der Waals surface area contributed by atoms with Gasteiger partial charge in [-0.25, -0.2) is 9.97 Å². The van der Waals surface area contributed by atoms with Crippen LogP contribution in [0.3, 0.4) is 0 Å². The molecule has 1 aliphatic rings. The first-order chi connectivity index (χ1) is 13.5. The average Bonchev–Trinajstić information content (AvgIpc) is 3.00. The molecule has 146 valence electrons. The number of para-hydroxylation sites is 1. The van der Waals surface area contributed by atoms with Crippen LogP contribution in [-0.4, -0.2) is 53.5 Å². The molecule has 0 bridgehead atoms. The molecule has 6 nitrogen and oxygen atoms in total. The predicted molar refractivity (Wildman–Crippen MR) is 115 cm³/mol. The number of nitrogens with one attached hydrogen (secondary N) is 1. The van der Waals surface area contributed by atoms with Gasteiger partial charge in [0.25, 0.3) is 0 Å². The summed E-state index contributed by atoms with van der Waals surface area (Å²) in [6, 6.07) is 10.4. The second-order valence-electron chi connectivity index (χ2n) is 7.14.